The lowest BCUT2D eigenvalue weighted by molar-refractivity contribution is -0.139. The van der Waals surface area contributed by atoms with Crippen molar-refractivity contribution in [1.82, 2.24) is 4.90 Å². The van der Waals surface area contributed by atoms with Crippen molar-refractivity contribution in [2.24, 2.45) is 0 Å². The number of hydrogen-bond donors (Lipinski definition) is 1. The molecule has 1 unspecified atom stereocenters. The van der Waals surface area contributed by atoms with Crippen LogP contribution in [-0.4, -0.2) is 40.9 Å². The SMILES string of the molecule is CC1(O)C[C@H]2COC[C@@H](C1)N2Cc1ccccc1. The van der Waals surface area contributed by atoms with Crippen LogP contribution in [0.1, 0.15) is 25.3 Å². The molecule has 0 radical (unpaired) electrons. The number of piperidine rings is 1. The summed E-state index contributed by atoms with van der Waals surface area (Å²) in [5.41, 5.74) is 0.822. The minimum absolute atomic E-state index is 0.354. The Labute approximate surface area is 108 Å². The zero-order chi connectivity index (χ0) is 12.6. The van der Waals surface area contributed by atoms with Gasteiger partial charge in [-0.25, -0.2) is 0 Å². The number of benzene rings is 1. The summed E-state index contributed by atoms with van der Waals surface area (Å²) in [5.74, 6) is 0. The monoisotopic (exact) mass is 247 g/mol. The molecule has 2 aliphatic rings. The molecule has 0 aromatic heterocycles. The van der Waals surface area contributed by atoms with Crippen LogP contribution in [0.2, 0.25) is 0 Å². The van der Waals surface area contributed by atoms with Crippen LogP contribution in [0.3, 0.4) is 0 Å². The first-order valence-electron chi connectivity index (χ1n) is 6.74. The van der Waals surface area contributed by atoms with E-state index < -0.39 is 5.60 Å². The van der Waals surface area contributed by atoms with E-state index >= 15 is 0 Å². The van der Waals surface area contributed by atoms with Crippen LogP contribution >= 0.6 is 0 Å². The normalized spacial score (nSPS) is 36.6. The molecule has 1 aromatic rings. The van der Waals surface area contributed by atoms with E-state index in [1.54, 1.807) is 0 Å². The van der Waals surface area contributed by atoms with Gasteiger partial charge in [0.05, 0.1) is 18.8 Å². The molecule has 3 heteroatoms. The second-order valence-corrected chi connectivity index (χ2v) is 5.91. The summed E-state index contributed by atoms with van der Waals surface area (Å²) in [7, 11) is 0. The number of morpholine rings is 1. The van der Waals surface area contributed by atoms with Crippen LogP contribution < -0.4 is 0 Å². The Morgan fingerprint density at radius 2 is 1.83 bits per heavy atom. The van der Waals surface area contributed by atoms with E-state index in [2.05, 4.69) is 35.2 Å². The van der Waals surface area contributed by atoms with Crippen molar-refractivity contribution in [1.29, 1.82) is 0 Å². The van der Waals surface area contributed by atoms with Crippen LogP contribution in [0.5, 0.6) is 0 Å². The first-order chi connectivity index (χ1) is 8.64. The molecule has 18 heavy (non-hydrogen) atoms. The van der Waals surface area contributed by atoms with Crippen LogP contribution in [0, 0.1) is 0 Å². The van der Waals surface area contributed by atoms with Gasteiger partial charge < -0.3 is 9.84 Å². The highest BCUT2D eigenvalue weighted by atomic mass is 16.5. The Balaban J connectivity index is 1.76. The second-order valence-electron chi connectivity index (χ2n) is 5.91. The number of hydrogen-bond acceptors (Lipinski definition) is 3. The fourth-order valence-electron chi connectivity index (χ4n) is 3.33. The average molecular weight is 247 g/mol. The maximum atomic E-state index is 10.3. The Hall–Kier alpha value is -0.900. The fraction of sp³-hybridized carbons (Fsp3) is 0.600. The summed E-state index contributed by atoms with van der Waals surface area (Å²) in [6.07, 6.45) is 1.63. The van der Waals surface area contributed by atoms with Gasteiger partial charge in [0.2, 0.25) is 0 Å². The van der Waals surface area contributed by atoms with E-state index in [0.29, 0.717) is 12.1 Å². The third-order valence-electron chi connectivity index (χ3n) is 4.12. The quantitative estimate of drug-likeness (QED) is 0.865. The standard InChI is InChI=1S/C15H21NO2/c1-15(17)7-13-10-18-11-14(8-15)16(13)9-12-5-3-2-4-6-12/h2-6,13-14,17H,7-11H2,1H3/t13-,14+,15?. The molecule has 2 saturated heterocycles. The Kier molecular flexibility index (Phi) is 3.14. The molecule has 2 heterocycles. The molecule has 0 saturated carbocycles. The molecular weight excluding hydrogens is 226 g/mol. The molecule has 0 aliphatic carbocycles. The predicted octanol–water partition coefficient (Wildman–Crippen LogP) is 1.80. The first kappa shape index (κ1) is 12.2. The van der Waals surface area contributed by atoms with Crippen molar-refractivity contribution in [3.05, 3.63) is 35.9 Å². The molecule has 98 valence electrons. The van der Waals surface area contributed by atoms with Gasteiger partial charge in [0.1, 0.15) is 0 Å². The van der Waals surface area contributed by atoms with Gasteiger partial charge >= 0.3 is 0 Å². The Bertz CT molecular complexity index is 388. The van der Waals surface area contributed by atoms with Crippen LogP contribution in [-0.2, 0) is 11.3 Å². The lowest BCUT2D eigenvalue weighted by Gasteiger charge is -2.50. The lowest BCUT2D eigenvalue weighted by atomic mass is 9.82. The summed E-state index contributed by atoms with van der Waals surface area (Å²) < 4.78 is 5.64. The number of aliphatic hydroxyl groups is 1. The topological polar surface area (TPSA) is 32.7 Å². The first-order valence-corrected chi connectivity index (χ1v) is 6.74. The van der Waals surface area contributed by atoms with Gasteiger partial charge in [-0.1, -0.05) is 30.3 Å². The molecule has 2 fully saturated rings. The number of ether oxygens (including phenoxy) is 1. The molecule has 2 aliphatic heterocycles. The van der Waals surface area contributed by atoms with Gasteiger partial charge in [-0.2, -0.15) is 0 Å². The van der Waals surface area contributed by atoms with E-state index in [1.165, 1.54) is 5.56 Å². The van der Waals surface area contributed by atoms with E-state index in [-0.39, 0.29) is 0 Å². The van der Waals surface area contributed by atoms with E-state index in [1.807, 2.05) is 6.92 Å². The highest BCUT2D eigenvalue weighted by molar-refractivity contribution is 5.15. The summed E-state index contributed by atoms with van der Waals surface area (Å²) in [6.45, 7) is 4.42. The minimum Gasteiger partial charge on any atom is -0.390 e. The van der Waals surface area contributed by atoms with Crippen molar-refractivity contribution in [2.45, 2.75) is 44.0 Å². The van der Waals surface area contributed by atoms with Gasteiger partial charge in [-0.05, 0) is 25.3 Å². The summed E-state index contributed by atoms with van der Waals surface area (Å²) in [5, 5.41) is 10.3. The third-order valence-corrected chi connectivity index (χ3v) is 4.12. The van der Waals surface area contributed by atoms with Crippen LogP contribution in [0.25, 0.3) is 0 Å². The molecule has 3 atom stereocenters. The van der Waals surface area contributed by atoms with Crippen molar-refractivity contribution in [3.8, 4) is 0 Å². The maximum Gasteiger partial charge on any atom is 0.0651 e. The van der Waals surface area contributed by atoms with Crippen molar-refractivity contribution in [2.75, 3.05) is 13.2 Å². The number of nitrogens with zero attached hydrogens (tertiary/aromatic N) is 1. The van der Waals surface area contributed by atoms with Crippen molar-refractivity contribution in [3.63, 3.8) is 0 Å². The summed E-state index contributed by atoms with van der Waals surface area (Å²) in [4.78, 5) is 2.51. The van der Waals surface area contributed by atoms with Gasteiger partial charge in [0, 0.05) is 18.6 Å². The largest absolute Gasteiger partial charge is 0.390 e. The Morgan fingerprint density at radius 1 is 1.22 bits per heavy atom. The molecule has 0 amide bonds. The molecular formula is C15H21NO2. The molecule has 0 spiro atoms. The van der Waals surface area contributed by atoms with Crippen molar-refractivity contribution >= 4 is 0 Å². The maximum absolute atomic E-state index is 10.3. The number of rotatable bonds is 2. The lowest BCUT2D eigenvalue weighted by Crippen LogP contribution is -2.60. The number of fused-ring (bicyclic) bond motifs is 2. The minimum atomic E-state index is -0.522. The zero-order valence-electron chi connectivity index (χ0n) is 10.9. The molecule has 2 bridgehead atoms. The van der Waals surface area contributed by atoms with Crippen LogP contribution in [0.15, 0.2) is 30.3 Å². The van der Waals surface area contributed by atoms with E-state index in [9.17, 15) is 5.11 Å². The second kappa shape index (κ2) is 4.65. The van der Waals surface area contributed by atoms with Gasteiger partial charge in [0.15, 0.2) is 0 Å². The van der Waals surface area contributed by atoms with Crippen molar-refractivity contribution < 1.29 is 9.84 Å². The zero-order valence-corrected chi connectivity index (χ0v) is 10.9. The highest BCUT2D eigenvalue weighted by Gasteiger charge is 2.43. The third kappa shape index (κ3) is 2.44. The molecule has 3 nitrogen and oxygen atoms in total. The highest BCUT2D eigenvalue weighted by Crippen LogP contribution is 2.34. The summed E-state index contributed by atoms with van der Waals surface area (Å²) in [6, 6.07) is 11.3. The van der Waals surface area contributed by atoms with E-state index in [4.69, 9.17) is 4.74 Å². The van der Waals surface area contributed by atoms with Gasteiger partial charge in [-0.3, -0.25) is 4.90 Å². The van der Waals surface area contributed by atoms with Crippen LogP contribution in [0.4, 0.5) is 0 Å². The summed E-state index contributed by atoms with van der Waals surface area (Å²) >= 11 is 0. The van der Waals surface area contributed by atoms with E-state index in [0.717, 1.165) is 32.6 Å². The smallest absolute Gasteiger partial charge is 0.0651 e. The van der Waals surface area contributed by atoms with Gasteiger partial charge in [0.25, 0.3) is 0 Å². The molecule has 1 aromatic carbocycles. The van der Waals surface area contributed by atoms with Gasteiger partial charge in [-0.15, -0.1) is 0 Å². The fourth-order valence-corrected chi connectivity index (χ4v) is 3.33. The Morgan fingerprint density at radius 3 is 2.44 bits per heavy atom. The molecule has 3 rings (SSSR count). The average Bonchev–Trinajstić information content (AvgIpc) is 2.31. The predicted molar refractivity (Wildman–Crippen MR) is 70.2 cm³/mol. The molecule has 1 N–H and O–H groups in total.